The second-order valence-corrected chi connectivity index (χ2v) is 14.5. The predicted molar refractivity (Wildman–Crippen MR) is 177 cm³/mol. The fourth-order valence-corrected chi connectivity index (χ4v) is 9.28. The van der Waals surface area contributed by atoms with Crippen molar-refractivity contribution in [2.45, 2.75) is 62.8 Å². The number of nitrogens with zero attached hydrogens (tertiary/aromatic N) is 2. The summed E-state index contributed by atoms with van der Waals surface area (Å²) in [5.41, 5.74) is 5.36. The van der Waals surface area contributed by atoms with Crippen LogP contribution in [0, 0.1) is 0 Å². The molecule has 10 heteroatoms. The molecule has 3 aliphatic heterocycles. The molecule has 0 radical (unpaired) electrons. The highest BCUT2D eigenvalue weighted by atomic mass is 32.2. The standard InChI is InChI=1S/C34H35N3O5S2/c1-6-43-16-18-8-10-23-20(12-18)27-28-22(15-35-31(28)38)26-21-13-19(17-44-7-2)9-11-24(21)37-30(26)29(27)36(23)25-14-34(41-5,32(39)40-4)33(37,3)42-25/h8-13,25H,6-7,14-17H2,1-5H3,(H,35,38). The molecule has 5 aromatic rings. The molecule has 3 aliphatic rings. The minimum Gasteiger partial charge on any atom is -0.467 e. The molecule has 0 saturated carbocycles. The van der Waals surface area contributed by atoms with Crippen LogP contribution in [0.3, 0.4) is 0 Å². The second-order valence-electron chi connectivity index (χ2n) is 11.9. The van der Waals surface area contributed by atoms with Crippen molar-refractivity contribution in [3.8, 4) is 0 Å². The molecule has 2 bridgehead atoms. The van der Waals surface area contributed by atoms with Gasteiger partial charge in [0.15, 0.2) is 5.72 Å². The zero-order valence-corrected chi connectivity index (χ0v) is 27.2. The van der Waals surface area contributed by atoms with Crippen LogP contribution >= 0.6 is 23.5 Å². The normalized spacial score (nSPS) is 23.8. The zero-order chi connectivity index (χ0) is 30.5. The number of fused-ring (bicyclic) bond motifs is 13. The molecule has 3 atom stereocenters. The van der Waals surface area contributed by atoms with Gasteiger partial charge in [0.05, 0.1) is 34.7 Å². The Hall–Kier alpha value is -3.18. The molecular weight excluding hydrogens is 595 g/mol. The molecule has 1 amide bonds. The molecule has 0 aliphatic carbocycles. The van der Waals surface area contributed by atoms with Crippen molar-refractivity contribution < 1.29 is 23.8 Å². The number of esters is 1. The lowest BCUT2D eigenvalue weighted by Gasteiger charge is -2.40. The van der Waals surface area contributed by atoms with Gasteiger partial charge in [-0.25, -0.2) is 4.79 Å². The molecule has 2 aromatic heterocycles. The summed E-state index contributed by atoms with van der Waals surface area (Å²) in [7, 11) is 2.97. The summed E-state index contributed by atoms with van der Waals surface area (Å²) in [6.45, 7) is 6.72. The summed E-state index contributed by atoms with van der Waals surface area (Å²) >= 11 is 3.75. The number of ether oxygens (including phenoxy) is 3. The van der Waals surface area contributed by atoms with Crippen molar-refractivity contribution in [1.82, 2.24) is 14.5 Å². The number of thioether (sulfide) groups is 2. The van der Waals surface area contributed by atoms with Crippen LogP contribution in [0.4, 0.5) is 0 Å². The topological polar surface area (TPSA) is 83.7 Å². The highest BCUT2D eigenvalue weighted by Gasteiger charge is 2.67. The average Bonchev–Trinajstić information content (AvgIpc) is 3.74. The van der Waals surface area contributed by atoms with Gasteiger partial charge in [-0.1, -0.05) is 26.0 Å². The van der Waals surface area contributed by atoms with Gasteiger partial charge in [0.1, 0.15) is 6.23 Å². The number of nitrogens with one attached hydrogen (secondary N) is 1. The summed E-state index contributed by atoms with van der Waals surface area (Å²) in [5.74, 6) is 3.31. The Morgan fingerprint density at radius 1 is 1.00 bits per heavy atom. The first kappa shape index (κ1) is 28.3. The maximum absolute atomic E-state index is 13.8. The van der Waals surface area contributed by atoms with Gasteiger partial charge in [-0.15, -0.1) is 0 Å². The first-order valence-corrected chi connectivity index (χ1v) is 17.5. The van der Waals surface area contributed by atoms with Crippen molar-refractivity contribution in [1.29, 1.82) is 0 Å². The minimum atomic E-state index is -1.41. The molecule has 228 valence electrons. The molecule has 0 spiro atoms. The Labute approximate surface area is 263 Å². The van der Waals surface area contributed by atoms with E-state index in [-0.39, 0.29) is 12.3 Å². The molecule has 8 nitrogen and oxygen atoms in total. The van der Waals surface area contributed by atoms with Crippen LogP contribution in [0.5, 0.6) is 0 Å². The largest absolute Gasteiger partial charge is 0.467 e. The van der Waals surface area contributed by atoms with Crippen molar-refractivity contribution in [2.24, 2.45) is 0 Å². The van der Waals surface area contributed by atoms with Gasteiger partial charge in [0, 0.05) is 53.1 Å². The van der Waals surface area contributed by atoms with Crippen LogP contribution in [0.15, 0.2) is 36.4 Å². The minimum absolute atomic E-state index is 0.0461. The Kier molecular flexibility index (Phi) is 6.37. The van der Waals surface area contributed by atoms with Gasteiger partial charge in [-0.05, 0) is 59.4 Å². The van der Waals surface area contributed by atoms with E-state index in [0.29, 0.717) is 6.54 Å². The SMILES string of the molecule is CCSCc1ccc2c(c1)c1c3c(c4c5cc(CSCC)ccc5n5c4c1n2C1CC(OC)(C(=O)OC)C5(C)O1)CNC3=O. The third-order valence-corrected chi connectivity index (χ3v) is 11.8. The number of amides is 1. The predicted octanol–water partition coefficient (Wildman–Crippen LogP) is 6.82. The summed E-state index contributed by atoms with van der Waals surface area (Å²) in [5, 5.41) is 7.21. The third-order valence-electron chi connectivity index (χ3n) is 9.93. The van der Waals surface area contributed by atoms with Gasteiger partial charge >= 0.3 is 5.97 Å². The monoisotopic (exact) mass is 629 g/mol. The van der Waals surface area contributed by atoms with E-state index in [2.05, 4.69) is 64.7 Å². The van der Waals surface area contributed by atoms with Gasteiger partial charge in [0.25, 0.3) is 5.91 Å². The Morgan fingerprint density at radius 3 is 2.30 bits per heavy atom. The molecule has 3 unspecified atom stereocenters. The van der Waals surface area contributed by atoms with Crippen LogP contribution in [0.1, 0.15) is 60.5 Å². The number of aromatic nitrogens is 2. The smallest absolute Gasteiger partial charge is 0.343 e. The number of hydrogen-bond acceptors (Lipinski definition) is 7. The van der Waals surface area contributed by atoms with Gasteiger partial charge in [-0.2, -0.15) is 23.5 Å². The lowest BCUT2D eigenvalue weighted by molar-refractivity contribution is -0.210. The summed E-state index contributed by atoms with van der Waals surface area (Å²) in [4.78, 5) is 27.5. The van der Waals surface area contributed by atoms with Crippen LogP contribution in [-0.4, -0.2) is 52.3 Å². The number of hydrogen-bond donors (Lipinski definition) is 1. The first-order chi connectivity index (χ1) is 21.3. The van der Waals surface area contributed by atoms with E-state index in [1.807, 2.05) is 30.4 Å². The van der Waals surface area contributed by atoms with Crippen LogP contribution in [-0.2, 0) is 42.8 Å². The molecule has 8 rings (SSSR count). The summed E-state index contributed by atoms with van der Waals surface area (Å²) in [6.07, 6.45) is -0.274. The third kappa shape index (κ3) is 3.40. The molecule has 44 heavy (non-hydrogen) atoms. The second kappa shape index (κ2) is 9.91. The van der Waals surface area contributed by atoms with Gasteiger partial charge < -0.3 is 28.7 Å². The first-order valence-electron chi connectivity index (χ1n) is 15.2. The number of carbonyl (C=O) groups is 2. The van der Waals surface area contributed by atoms with E-state index in [0.717, 1.165) is 77.8 Å². The van der Waals surface area contributed by atoms with Crippen LogP contribution in [0.2, 0.25) is 0 Å². The number of carbonyl (C=O) groups excluding carboxylic acids is 2. The summed E-state index contributed by atoms with van der Waals surface area (Å²) in [6, 6.07) is 13.1. The number of rotatable bonds is 8. The summed E-state index contributed by atoms with van der Waals surface area (Å²) < 4.78 is 23.1. The van der Waals surface area contributed by atoms with E-state index in [9.17, 15) is 9.59 Å². The van der Waals surface area contributed by atoms with E-state index in [1.165, 1.54) is 18.2 Å². The molecule has 3 aromatic carbocycles. The molecule has 1 fully saturated rings. The average molecular weight is 630 g/mol. The fourth-order valence-electron chi connectivity index (χ4n) is 8.05. The van der Waals surface area contributed by atoms with Gasteiger partial charge in [-0.3, -0.25) is 4.79 Å². The quantitative estimate of drug-likeness (QED) is 0.189. The van der Waals surface area contributed by atoms with Crippen molar-refractivity contribution in [2.75, 3.05) is 25.7 Å². The van der Waals surface area contributed by atoms with Gasteiger partial charge in [0.2, 0.25) is 5.60 Å². The fraction of sp³-hybridized carbons (Fsp3) is 0.412. The highest BCUT2D eigenvalue weighted by molar-refractivity contribution is 7.98. The van der Waals surface area contributed by atoms with Crippen molar-refractivity contribution >= 4 is 79.0 Å². The Morgan fingerprint density at radius 2 is 1.66 bits per heavy atom. The highest BCUT2D eigenvalue weighted by Crippen LogP contribution is 2.59. The molecule has 1 saturated heterocycles. The molecule has 1 N–H and O–H groups in total. The lowest BCUT2D eigenvalue weighted by Crippen LogP contribution is -2.57. The molecule has 5 heterocycles. The van der Waals surface area contributed by atoms with E-state index in [4.69, 9.17) is 14.2 Å². The maximum atomic E-state index is 13.8. The van der Waals surface area contributed by atoms with E-state index >= 15 is 0 Å². The Balaban J connectivity index is 1.61. The zero-order valence-electron chi connectivity index (χ0n) is 25.5. The van der Waals surface area contributed by atoms with E-state index < -0.39 is 23.5 Å². The van der Waals surface area contributed by atoms with Crippen LogP contribution in [0.25, 0.3) is 43.6 Å². The van der Waals surface area contributed by atoms with Crippen molar-refractivity contribution in [3.05, 3.63) is 58.7 Å². The lowest BCUT2D eigenvalue weighted by atomic mass is 9.88. The van der Waals surface area contributed by atoms with Crippen LogP contribution < -0.4 is 5.32 Å². The number of methoxy groups -OCH3 is 2. The number of benzene rings is 3. The van der Waals surface area contributed by atoms with E-state index in [1.54, 1.807) is 7.11 Å². The Bertz CT molecular complexity index is 2070. The van der Waals surface area contributed by atoms with Crippen molar-refractivity contribution in [3.63, 3.8) is 0 Å². The molecular formula is C34H35N3O5S2. The maximum Gasteiger partial charge on any atom is 0.343 e.